The molecular weight excluding hydrogens is 492 g/mol. The van der Waals surface area contributed by atoms with E-state index in [4.69, 9.17) is 4.99 Å². The number of allylic oxidation sites excluding steroid dienone is 1. The predicted octanol–water partition coefficient (Wildman–Crippen LogP) is 7.65. The molecule has 1 aromatic heterocycles. The van der Waals surface area contributed by atoms with E-state index in [2.05, 4.69) is 60.0 Å². The largest absolute Gasteiger partial charge is 0.341 e. The Morgan fingerprint density at radius 3 is 2.05 bits per heavy atom. The van der Waals surface area contributed by atoms with Crippen LogP contribution in [0.1, 0.15) is 36.0 Å². The Labute approximate surface area is 223 Å². The van der Waals surface area contributed by atoms with Crippen LogP contribution in [0, 0.1) is 20.2 Å². The average molecular weight is 517 g/mol. The fourth-order valence-electron chi connectivity index (χ4n) is 5.42. The number of para-hydroxylation sites is 1. The molecule has 1 atom stereocenters. The van der Waals surface area contributed by atoms with Gasteiger partial charge in [-0.2, -0.15) is 0 Å². The van der Waals surface area contributed by atoms with E-state index in [1.165, 1.54) is 46.1 Å². The van der Waals surface area contributed by atoms with E-state index in [1.54, 1.807) is 24.3 Å². The van der Waals surface area contributed by atoms with Crippen molar-refractivity contribution in [1.82, 2.24) is 4.57 Å². The summed E-state index contributed by atoms with van der Waals surface area (Å²) in [6.07, 6.45) is 2.72. The summed E-state index contributed by atoms with van der Waals surface area (Å²) in [5, 5.41) is 24.7. The van der Waals surface area contributed by atoms with Gasteiger partial charge >= 0.3 is 0 Å². The second-order valence-corrected chi connectivity index (χ2v) is 9.57. The zero-order valence-electron chi connectivity index (χ0n) is 21.2. The molecule has 1 aliphatic heterocycles. The van der Waals surface area contributed by atoms with Crippen molar-refractivity contribution >= 4 is 44.6 Å². The first-order valence-corrected chi connectivity index (χ1v) is 12.7. The number of aliphatic imine (C=N–C) groups is 1. The molecule has 0 radical (unpaired) electrons. The number of hydrogen-bond donors (Lipinski definition) is 0. The van der Waals surface area contributed by atoms with Crippen molar-refractivity contribution in [3.8, 4) is 0 Å². The molecule has 2 heterocycles. The maximum atomic E-state index is 11.2. The van der Waals surface area contributed by atoms with Crippen LogP contribution in [0.3, 0.4) is 0 Å². The molecule has 5 aromatic rings. The summed E-state index contributed by atoms with van der Waals surface area (Å²) < 4.78 is 2.32. The molecule has 0 aliphatic carbocycles. The van der Waals surface area contributed by atoms with Crippen LogP contribution in [0.15, 0.2) is 102 Å². The summed E-state index contributed by atoms with van der Waals surface area (Å²) in [6, 6.07) is 27.8. The summed E-state index contributed by atoms with van der Waals surface area (Å²) in [4.78, 5) is 26.4. The lowest BCUT2D eigenvalue weighted by Crippen LogP contribution is -2.12. The summed E-state index contributed by atoms with van der Waals surface area (Å²) in [5.41, 5.74) is 6.66. The molecule has 0 spiro atoms. The van der Waals surface area contributed by atoms with Crippen molar-refractivity contribution < 1.29 is 9.85 Å². The monoisotopic (exact) mass is 516 g/mol. The van der Waals surface area contributed by atoms with Crippen LogP contribution < -0.4 is 0 Å². The number of aryl methyl sites for hydroxylation is 1. The molecule has 6 rings (SSSR count). The van der Waals surface area contributed by atoms with Crippen LogP contribution >= 0.6 is 0 Å². The van der Waals surface area contributed by atoms with Gasteiger partial charge in [-0.1, -0.05) is 30.3 Å². The zero-order valence-corrected chi connectivity index (χ0v) is 21.2. The highest BCUT2D eigenvalue weighted by Gasteiger charge is 2.23. The lowest BCUT2D eigenvalue weighted by Gasteiger charge is -2.22. The van der Waals surface area contributed by atoms with Gasteiger partial charge in [-0.05, 0) is 60.5 Å². The van der Waals surface area contributed by atoms with Crippen LogP contribution in [-0.2, 0) is 6.54 Å². The van der Waals surface area contributed by atoms with Gasteiger partial charge in [0.15, 0.2) is 0 Å². The number of rotatable bonds is 6. The van der Waals surface area contributed by atoms with Crippen LogP contribution in [0.2, 0.25) is 0 Å². The SMILES string of the molecule is CCn1c2ccccc2c2cc(C3C=C(c4ccc([N+](=O)[O-])cc4)N=C(c4ccc([N+](=O)[O-])cc4)C3)ccc21. The number of non-ortho nitro benzene ring substituents is 2. The number of fused-ring (bicyclic) bond motifs is 3. The molecule has 4 aromatic carbocycles. The lowest BCUT2D eigenvalue weighted by atomic mass is 9.86. The minimum Gasteiger partial charge on any atom is -0.341 e. The van der Waals surface area contributed by atoms with E-state index in [-0.39, 0.29) is 17.3 Å². The molecular formula is C31H24N4O4. The van der Waals surface area contributed by atoms with Crippen LogP contribution in [0.5, 0.6) is 0 Å². The molecule has 0 bridgehead atoms. The lowest BCUT2D eigenvalue weighted by molar-refractivity contribution is -0.385. The minimum atomic E-state index is -0.421. The van der Waals surface area contributed by atoms with Gasteiger partial charge in [0, 0.05) is 76.2 Å². The van der Waals surface area contributed by atoms with E-state index in [9.17, 15) is 20.2 Å². The van der Waals surface area contributed by atoms with E-state index < -0.39 is 9.85 Å². The average Bonchev–Trinajstić information content (AvgIpc) is 3.30. The molecule has 0 fully saturated rings. The first-order valence-electron chi connectivity index (χ1n) is 12.7. The Balaban J connectivity index is 1.47. The molecule has 192 valence electrons. The van der Waals surface area contributed by atoms with Crippen molar-refractivity contribution in [2.75, 3.05) is 0 Å². The van der Waals surface area contributed by atoms with Gasteiger partial charge in [-0.15, -0.1) is 0 Å². The molecule has 8 nitrogen and oxygen atoms in total. The van der Waals surface area contributed by atoms with Gasteiger partial charge < -0.3 is 4.57 Å². The highest BCUT2D eigenvalue weighted by molar-refractivity contribution is 6.09. The minimum absolute atomic E-state index is 0.00831. The molecule has 0 amide bonds. The Bertz CT molecular complexity index is 1820. The maximum Gasteiger partial charge on any atom is 0.269 e. The fraction of sp³-hybridized carbons (Fsp3) is 0.129. The predicted molar refractivity (Wildman–Crippen MR) is 153 cm³/mol. The molecule has 0 saturated heterocycles. The van der Waals surface area contributed by atoms with Crippen molar-refractivity contribution in [3.05, 3.63) is 134 Å². The van der Waals surface area contributed by atoms with Gasteiger partial charge in [0.05, 0.1) is 15.5 Å². The molecule has 8 heteroatoms. The first-order chi connectivity index (χ1) is 18.9. The summed E-state index contributed by atoms with van der Waals surface area (Å²) in [6.45, 7) is 3.01. The van der Waals surface area contributed by atoms with Crippen molar-refractivity contribution in [2.45, 2.75) is 25.8 Å². The van der Waals surface area contributed by atoms with E-state index in [0.717, 1.165) is 28.9 Å². The van der Waals surface area contributed by atoms with Crippen molar-refractivity contribution in [2.24, 2.45) is 4.99 Å². The second kappa shape index (κ2) is 9.64. The van der Waals surface area contributed by atoms with Gasteiger partial charge in [-0.25, -0.2) is 0 Å². The smallest absolute Gasteiger partial charge is 0.269 e. The highest BCUT2D eigenvalue weighted by atomic mass is 16.6. The number of benzene rings is 4. The summed E-state index contributed by atoms with van der Waals surface area (Å²) >= 11 is 0. The van der Waals surface area contributed by atoms with E-state index in [0.29, 0.717) is 12.1 Å². The van der Waals surface area contributed by atoms with Gasteiger partial charge in [0.2, 0.25) is 0 Å². The number of nitrogens with zero attached hydrogens (tertiary/aromatic N) is 4. The van der Waals surface area contributed by atoms with Crippen LogP contribution in [0.25, 0.3) is 27.5 Å². The topological polar surface area (TPSA) is 104 Å². The molecule has 0 saturated carbocycles. The maximum absolute atomic E-state index is 11.2. The summed E-state index contributed by atoms with van der Waals surface area (Å²) in [5.74, 6) is -0.00831. The third-order valence-corrected chi connectivity index (χ3v) is 7.35. The Morgan fingerprint density at radius 1 is 0.795 bits per heavy atom. The number of aromatic nitrogens is 1. The summed E-state index contributed by atoms with van der Waals surface area (Å²) in [7, 11) is 0. The number of nitro benzene ring substituents is 2. The number of nitro groups is 2. The molecule has 1 unspecified atom stereocenters. The normalized spacial score (nSPS) is 15.3. The fourth-order valence-corrected chi connectivity index (χ4v) is 5.42. The van der Waals surface area contributed by atoms with Crippen molar-refractivity contribution in [3.63, 3.8) is 0 Å². The first kappa shape index (κ1) is 24.2. The highest BCUT2D eigenvalue weighted by Crippen LogP contribution is 2.37. The molecule has 1 aliphatic rings. The van der Waals surface area contributed by atoms with E-state index in [1.807, 2.05) is 0 Å². The standard InChI is InChI=1S/C31H24N4O4/c1-2-33-30-6-4-3-5-26(30)27-17-22(11-16-31(27)33)23-18-28(20-7-12-24(13-8-20)34(36)37)32-29(19-23)21-9-14-25(15-10-21)35(38)39/h3-18,23H,2,19H2,1H3. The quantitative estimate of drug-likeness (QED) is 0.171. The second-order valence-electron chi connectivity index (χ2n) is 9.57. The Morgan fingerprint density at radius 2 is 1.41 bits per heavy atom. The van der Waals surface area contributed by atoms with E-state index >= 15 is 0 Å². The van der Waals surface area contributed by atoms with Crippen molar-refractivity contribution in [1.29, 1.82) is 0 Å². The third kappa shape index (κ3) is 4.35. The Hall–Kier alpha value is -5.11. The van der Waals surface area contributed by atoms with Gasteiger partial charge in [0.1, 0.15) is 0 Å². The van der Waals surface area contributed by atoms with Crippen LogP contribution in [0.4, 0.5) is 11.4 Å². The van der Waals surface area contributed by atoms with Gasteiger partial charge in [-0.3, -0.25) is 25.2 Å². The number of hydrogen-bond acceptors (Lipinski definition) is 5. The van der Waals surface area contributed by atoms with Gasteiger partial charge in [0.25, 0.3) is 11.4 Å². The third-order valence-electron chi connectivity index (χ3n) is 7.35. The van der Waals surface area contributed by atoms with Crippen LogP contribution in [-0.4, -0.2) is 20.1 Å². The zero-order chi connectivity index (χ0) is 27.1. The Kier molecular flexibility index (Phi) is 5.99. The molecule has 39 heavy (non-hydrogen) atoms. The molecule has 0 N–H and O–H groups in total.